The van der Waals surface area contributed by atoms with E-state index >= 15 is 0 Å². The van der Waals surface area contributed by atoms with Gasteiger partial charge in [0.05, 0.1) is 7.11 Å². The van der Waals surface area contributed by atoms with E-state index in [2.05, 4.69) is 6.58 Å². The first kappa shape index (κ1) is 8.62. The molecular formula is C7H12N2O. The number of ether oxygens (including phenoxy) is 1. The van der Waals surface area contributed by atoms with Crippen molar-refractivity contribution in [2.45, 2.75) is 0 Å². The van der Waals surface area contributed by atoms with Crippen LogP contribution in [0.15, 0.2) is 36.4 Å². The van der Waals surface area contributed by atoms with E-state index in [-0.39, 0.29) is 0 Å². The summed E-state index contributed by atoms with van der Waals surface area (Å²) < 4.78 is 4.74. The van der Waals surface area contributed by atoms with E-state index in [4.69, 9.17) is 16.2 Å². The minimum Gasteiger partial charge on any atom is -0.497 e. The molecule has 0 amide bonds. The lowest BCUT2D eigenvalue weighted by Crippen LogP contribution is -1.96. The second-order valence-electron chi connectivity index (χ2n) is 1.67. The summed E-state index contributed by atoms with van der Waals surface area (Å²) >= 11 is 0. The largest absolute Gasteiger partial charge is 0.497 e. The first-order valence-electron chi connectivity index (χ1n) is 2.79. The monoisotopic (exact) mass is 140 g/mol. The Balaban J connectivity index is 3.88. The smallest absolute Gasteiger partial charge is 0.111 e. The lowest BCUT2D eigenvalue weighted by atomic mass is 10.4. The van der Waals surface area contributed by atoms with E-state index in [1.165, 1.54) is 13.3 Å². The van der Waals surface area contributed by atoms with Gasteiger partial charge in [-0.3, -0.25) is 0 Å². The maximum absolute atomic E-state index is 5.33. The van der Waals surface area contributed by atoms with E-state index in [9.17, 15) is 0 Å². The van der Waals surface area contributed by atoms with Gasteiger partial charge in [0.15, 0.2) is 0 Å². The molecule has 0 atom stereocenters. The molecule has 56 valence electrons. The second-order valence-corrected chi connectivity index (χ2v) is 1.67. The fourth-order valence-electron chi connectivity index (χ4n) is 0.313. The van der Waals surface area contributed by atoms with Crippen molar-refractivity contribution >= 4 is 0 Å². The number of methoxy groups -OCH3 is 1. The van der Waals surface area contributed by atoms with Crippen LogP contribution >= 0.6 is 0 Å². The number of rotatable bonds is 3. The SMILES string of the molecule is C=C(/C=C\C(N)=C/N)OC. The maximum atomic E-state index is 5.33. The summed E-state index contributed by atoms with van der Waals surface area (Å²) in [6.45, 7) is 3.55. The first-order valence-corrected chi connectivity index (χ1v) is 2.79. The number of allylic oxidation sites excluding steroid dienone is 2. The molecular weight excluding hydrogens is 128 g/mol. The minimum absolute atomic E-state index is 0.484. The average molecular weight is 140 g/mol. The summed E-state index contributed by atoms with van der Waals surface area (Å²) in [6.07, 6.45) is 4.56. The Hall–Kier alpha value is -1.38. The zero-order valence-corrected chi connectivity index (χ0v) is 6.00. The molecule has 0 unspecified atom stereocenters. The topological polar surface area (TPSA) is 61.3 Å². The molecule has 0 aliphatic carbocycles. The molecule has 0 radical (unpaired) electrons. The molecule has 0 aromatic heterocycles. The summed E-state index contributed by atoms with van der Waals surface area (Å²) in [5.74, 6) is 0.546. The molecule has 3 heteroatoms. The average Bonchev–Trinajstić information content (AvgIpc) is 1.99. The first-order chi connectivity index (χ1) is 4.70. The standard InChI is InChI=1S/C7H12N2O/c1-6(10-2)3-4-7(9)5-8/h3-5H,1,8-9H2,2H3/b4-3-,7-5+. The van der Waals surface area contributed by atoms with Crippen LogP contribution in [0, 0.1) is 0 Å². The quantitative estimate of drug-likeness (QED) is 0.442. The van der Waals surface area contributed by atoms with Gasteiger partial charge in [-0.2, -0.15) is 0 Å². The normalized spacial score (nSPS) is 11.9. The third kappa shape index (κ3) is 3.60. The molecule has 0 spiro atoms. The Bertz CT molecular complexity index is 170. The number of hydrogen-bond donors (Lipinski definition) is 2. The van der Waals surface area contributed by atoms with E-state index in [0.717, 1.165) is 0 Å². The molecule has 0 bridgehead atoms. The fraction of sp³-hybridized carbons (Fsp3) is 0.143. The Labute approximate surface area is 60.7 Å². The molecule has 0 rings (SSSR count). The molecule has 0 saturated heterocycles. The summed E-state index contributed by atoms with van der Waals surface area (Å²) in [4.78, 5) is 0. The van der Waals surface area contributed by atoms with Crippen molar-refractivity contribution in [2.24, 2.45) is 11.5 Å². The van der Waals surface area contributed by atoms with Crippen LogP contribution in [0.2, 0.25) is 0 Å². The van der Waals surface area contributed by atoms with Crippen molar-refractivity contribution in [3.05, 3.63) is 36.4 Å². The van der Waals surface area contributed by atoms with E-state index < -0.39 is 0 Å². The summed E-state index contributed by atoms with van der Waals surface area (Å²) in [5.41, 5.74) is 10.9. The maximum Gasteiger partial charge on any atom is 0.111 e. The summed E-state index contributed by atoms with van der Waals surface area (Å²) in [7, 11) is 1.54. The number of nitrogens with two attached hydrogens (primary N) is 2. The van der Waals surface area contributed by atoms with E-state index in [0.29, 0.717) is 11.5 Å². The van der Waals surface area contributed by atoms with Crippen LogP contribution in [0.5, 0.6) is 0 Å². The van der Waals surface area contributed by atoms with Crippen LogP contribution in [0.4, 0.5) is 0 Å². The predicted octanol–water partition coefficient (Wildman–Crippen LogP) is 0.461. The van der Waals surface area contributed by atoms with E-state index in [1.54, 1.807) is 12.2 Å². The van der Waals surface area contributed by atoms with Crippen LogP contribution in [0.3, 0.4) is 0 Å². The van der Waals surface area contributed by atoms with Gasteiger partial charge in [-0.15, -0.1) is 0 Å². The second kappa shape index (κ2) is 4.49. The molecule has 0 aliphatic heterocycles. The zero-order valence-electron chi connectivity index (χ0n) is 6.00. The molecule has 3 nitrogen and oxygen atoms in total. The summed E-state index contributed by atoms with van der Waals surface area (Å²) in [5, 5.41) is 0. The summed E-state index contributed by atoms with van der Waals surface area (Å²) in [6, 6.07) is 0. The predicted molar refractivity (Wildman–Crippen MR) is 41.7 cm³/mol. The zero-order chi connectivity index (χ0) is 7.98. The van der Waals surface area contributed by atoms with Crippen LogP contribution in [0.1, 0.15) is 0 Å². The fourth-order valence-corrected chi connectivity index (χ4v) is 0.313. The van der Waals surface area contributed by atoms with Crippen LogP contribution < -0.4 is 11.5 Å². The lowest BCUT2D eigenvalue weighted by molar-refractivity contribution is 0.309. The van der Waals surface area contributed by atoms with Crippen LogP contribution in [0.25, 0.3) is 0 Å². The van der Waals surface area contributed by atoms with Crippen molar-refractivity contribution < 1.29 is 4.74 Å². The third-order valence-corrected chi connectivity index (χ3v) is 0.916. The highest BCUT2D eigenvalue weighted by Gasteiger charge is 1.81. The Morgan fingerprint density at radius 2 is 2.10 bits per heavy atom. The minimum atomic E-state index is 0.484. The van der Waals surface area contributed by atoms with Gasteiger partial charge in [-0.25, -0.2) is 0 Å². The van der Waals surface area contributed by atoms with E-state index in [1.807, 2.05) is 0 Å². The highest BCUT2D eigenvalue weighted by molar-refractivity contribution is 5.20. The van der Waals surface area contributed by atoms with Gasteiger partial charge in [0, 0.05) is 11.9 Å². The van der Waals surface area contributed by atoms with Crippen molar-refractivity contribution in [1.82, 2.24) is 0 Å². The van der Waals surface area contributed by atoms with Crippen LogP contribution in [-0.4, -0.2) is 7.11 Å². The van der Waals surface area contributed by atoms with Gasteiger partial charge in [0.1, 0.15) is 5.76 Å². The lowest BCUT2D eigenvalue weighted by Gasteiger charge is -1.94. The van der Waals surface area contributed by atoms with Gasteiger partial charge in [-0.1, -0.05) is 6.58 Å². The molecule has 10 heavy (non-hydrogen) atoms. The third-order valence-electron chi connectivity index (χ3n) is 0.916. The number of hydrogen-bond acceptors (Lipinski definition) is 3. The molecule has 0 heterocycles. The molecule has 4 N–H and O–H groups in total. The highest BCUT2D eigenvalue weighted by atomic mass is 16.5. The van der Waals surface area contributed by atoms with Gasteiger partial charge >= 0.3 is 0 Å². The van der Waals surface area contributed by atoms with Gasteiger partial charge in [0.2, 0.25) is 0 Å². The Morgan fingerprint density at radius 1 is 1.50 bits per heavy atom. The Morgan fingerprint density at radius 3 is 2.50 bits per heavy atom. The van der Waals surface area contributed by atoms with Crippen molar-refractivity contribution in [3.63, 3.8) is 0 Å². The molecule has 0 saturated carbocycles. The van der Waals surface area contributed by atoms with Crippen LogP contribution in [-0.2, 0) is 4.74 Å². The molecule has 0 aromatic rings. The van der Waals surface area contributed by atoms with Crippen molar-refractivity contribution in [3.8, 4) is 0 Å². The molecule has 0 fully saturated rings. The Kier molecular flexibility index (Phi) is 3.87. The molecule has 0 aliphatic rings. The van der Waals surface area contributed by atoms with Crippen molar-refractivity contribution in [1.29, 1.82) is 0 Å². The molecule has 0 aromatic carbocycles. The highest BCUT2D eigenvalue weighted by Crippen LogP contribution is 1.93. The van der Waals surface area contributed by atoms with Crippen molar-refractivity contribution in [2.75, 3.05) is 7.11 Å². The van der Waals surface area contributed by atoms with Gasteiger partial charge in [0.25, 0.3) is 0 Å². The van der Waals surface area contributed by atoms with Gasteiger partial charge in [-0.05, 0) is 12.2 Å². The van der Waals surface area contributed by atoms with Gasteiger partial charge < -0.3 is 16.2 Å².